The van der Waals surface area contributed by atoms with Crippen LogP contribution in [0.3, 0.4) is 0 Å². The Labute approximate surface area is 167 Å². The first-order valence-electron chi connectivity index (χ1n) is 10.7. The first-order valence-corrected chi connectivity index (χ1v) is 10.7. The highest BCUT2D eigenvalue weighted by molar-refractivity contribution is 5.93. The van der Waals surface area contributed by atoms with Crippen molar-refractivity contribution in [2.75, 3.05) is 19.6 Å². The predicted molar refractivity (Wildman–Crippen MR) is 106 cm³/mol. The van der Waals surface area contributed by atoms with Gasteiger partial charge < -0.3 is 14.2 Å². The van der Waals surface area contributed by atoms with Crippen molar-refractivity contribution in [2.24, 2.45) is 5.92 Å². The maximum absolute atomic E-state index is 12.9. The van der Waals surface area contributed by atoms with E-state index < -0.39 is 0 Å². The number of amides is 2. The van der Waals surface area contributed by atoms with Gasteiger partial charge in [-0.25, -0.2) is 4.98 Å². The number of hydrogen-bond acceptors (Lipinski definition) is 4. The zero-order valence-corrected chi connectivity index (χ0v) is 17.1. The van der Waals surface area contributed by atoms with Crippen molar-refractivity contribution in [2.45, 2.75) is 71.3 Å². The molecule has 2 fully saturated rings. The number of likely N-dealkylation sites (tertiary alicyclic amines) is 2. The van der Waals surface area contributed by atoms with Crippen molar-refractivity contribution in [3.05, 3.63) is 29.0 Å². The number of carbonyl (C=O) groups is 2. The molecule has 1 aromatic rings. The van der Waals surface area contributed by atoms with E-state index in [1.807, 2.05) is 4.90 Å². The molecule has 2 atom stereocenters. The summed E-state index contributed by atoms with van der Waals surface area (Å²) >= 11 is 0. The smallest absolute Gasteiger partial charge is 0.276 e. The monoisotopic (exact) mass is 385 g/mol. The SMILES string of the molecule is Cc1nc(C(=O)N2CC[C@@H]3[C@@H](CCC(=O)N3CCC3=CCCCC3)C2)c(C)o1. The molecule has 4 rings (SSSR count). The molecule has 0 saturated carbocycles. The van der Waals surface area contributed by atoms with Gasteiger partial charge in [-0.1, -0.05) is 11.6 Å². The van der Waals surface area contributed by atoms with E-state index in [0.717, 1.165) is 25.8 Å². The van der Waals surface area contributed by atoms with Crippen LogP contribution in [-0.2, 0) is 4.79 Å². The van der Waals surface area contributed by atoms with E-state index in [4.69, 9.17) is 4.42 Å². The van der Waals surface area contributed by atoms with Crippen LogP contribution in [0.2, 0.25) is 0 Å². The number of rotatable bonds is 4. The quantitative estimate of drug-likeness (QED) is 0.742. The molecule has 2 saturated heterocycles. The van der Waals surface area contributed by atoms with Crippen molar-refractivity contribution in [3.8, 4) is 0 Å². The van der Waals surface area contributed by atoms with Crippen LogP contribution in [0.25, 0.3) is 0 Å². The Balaban J connectivity index is 1.40. The molecular formula is C22H31N3O3. The fourth-order valence-electron chi connectivity index (χ4n) is 5.10. The van der Waals surface area contributed by atoms with E-state index in [0.29, 0.717) is 48.7 Å². The van der Waals surface area contributed by atoms with Crippen molar-refractivity contribution in [1.29, 1.82) is 0 Å². The molecule has 0 bridgehead atoms. The van der Waals surface area contributed by atoms with Gasteiger partial charge in [-0.2, -0.15) is 0 Å². The minimum Gasteiger partial charge on any atom is -0.445 e. The second-order valence-corrected chi connectivity index (χ2v) is 8.49. The highest BCUT2D eigenvalue weighted by atomic mass is 16.4. The van der Waals surface area contributed by atoms with Gasteiger partial charge in [0.25, 0.3) is 5.91 Å². The molecule has 6 heteroatoms. The summed E-state index contributed by atoms with van der Waals surface area (Å²) in [5, 5.41) is 0. The topological polar surface area (TPSA) is 66.7 Å². The second-order valence-electron chi connectivity index (χ2n) is 8.49. The van der Waals surface area contributed by atoms with Crippen LogP contribution >= 0.6 is 0 Å². The van der Waals surface area contributed by atoms with Gasteiger partial charge in [0.1, 0.15) is 5.76 Å². The number of carbonyl (C=O) groups excluding carboxylic acids is 2. The van der Waals surface area contributed by atoms with Gasteiger partial charge in [0, 0.05) is 39.0 Å². The summed E-state index contributed by atoms with van der Waals surface area (Å²) in [6, 6.07) is 0.273. The van der Waals surface area contributed by atoms with Crippen LogP contribution in [0.15, 0.2) is 16.1 Å². The molecule has 152 valence electrons. The van der Waals surface area contributed by atoms with E-state index >= 15 is 0 Å². The third-order valence-corrected chi connectivity index (χ3v) is 6.60. The maximum atomic E-state index is 12.9. The van der Waals surface area contributed by atoms with Gasteiger partial charge in [0.05, 0.1) is 0 Å². The number of piperidine rings is 2. The molecule has 1 aliphatic carbocycles. The Morgan fingerprint density at radius 1 is 1.25 bits per heavy atom. The van der Waals surface area contributed by atoms with Crippen molar-refractivity contribution in [3.63, 3.8) is 0 Å². The van der Waals surface area contributed by atoms with Gasteiger partial charge >= 0.3 is 0 Å². The first-order chi connectivity index (χ1) is 13.5. The van der Waals surface area contributed by atoms with Gasteiger partial charge in [0.2, 0.25) is 5.91 Å². The number of aromatic nitrogens is 1. The summed E-state index contributed by atoms with van der Waals surface area (Å²) in [5.41, 5.74) is 1.95. The minimum atomic E-state index is -0.0383. The standard InChI is InChI=1S/C22H31N3O3/c1-15-21(23-16(2)28-15)22(27)24-12-11-19-18(14-24)8-9-20(26)25(19)13-10-17-6-4-3-5-7-17/h6,18-19H,3-5,7-14H2,1-2H3/t18-,19+/m0/s1. The zero-order valence-electron chi connectivity index (χ0n) is 17.1. The van der Waals surface area contributed by atoms with Crippen molar-refractivity contribution >= 4 is 11.8 Å². The zero-order chi connectivity index (χ0) is 19.7. The van der Waals surface area contributed by atoms with E-state index in [-0.39, 0.29) is 11.9 Å². The lowest BCUT2D eigenvalue weighted by Gasteiger charge is -2.47. The number of allylic oxidation sites excluding steroid dienone is 1. The number of oxazole rings is 1. The molecule has 1 aromatic heterocycles. The molecule has 3 aliphatic rings. The molecule has 2 aliphatic heterocycles. The van der Waals surface area contributed by atoms with Crippen molar-refractivity contribution < 1.29 is 14.0 Å². The third kappa shape index (κ3) is 3.87. The summed E-state index contributed by atoms with van der Waals surface area (Å²) in [4.78, 5) is 33.8. The summed E-state index contributed by atoms with van der Waals surface area (Å²) in [5.74, 6) is 1.74. The molecule has 0 spiro atoms. The fraction of sp³-hybridized carbons (Fsp3) is 0.682. The fourth-order valence-corrected chi connectivity index (χ4v) is 5.10. The van der Waals surface area contributed by atoms with Crippen LogP contribution in [0.5, 0.6) is 0 Å². The van der Waals surface area contributed by atoms with E-state index in [9.17, 15) is 9.59 Å². The lowest BCUT2D eigenvalue weighted by Crippen LogP contribution is -2.57. The largest absolute Gasteiger partial charge is 0.445 e. The molecule has 3 heterocycles. The van der Waals surface area contributed by atoms with Crippen molar-refractivity contribution in [1.82, 2.24) is 14.8 Å². The lowest BCUT2D eigenvalue weighted by molar-refractivity contribution is -0.140. The molecule has 0 radical (unpaired) electrons. The van der Waals surface area contributed by atoms with Crippen LogP contribution in [0.1, 0.15) is 73.5 Å². The van der Waals surface area contributed by atoms with Crippen LogP contribution in [0, 0.1) is 19.8 Å². The van der Waals surface area contributed by atoms with Gasteiger partial charge in [-0.3, -0.25) is 9.59 Å². The van der Waals surface area contributed by atoms with E-state index in [1.165, 1.54) is 31.3 Å². The Kier molecular flexibility index (Phi) is 5.56. The highest BCUT2D eigenvalue weighted by Crippen LogP contribution is 2.33. The predicted octanol–water partition coefficient (Wildman–Crippen LogP) is 3.64. The molecule has 6 nitrogen and oxygen atoms in total. The Bertz CT molecular complexity index is 782. The average molecular weight is 386 g/mol. The Morgan fingerprint density at radius 2 is 2.11 bits per heavy atom. The molecule has 28 heavy (non-hydrogen) atoms. The van der Waals surface area contributed by atoms with Crippen LogP contribution in [0.4, 0.5) is 0 Å². The van der Waals surface area contributed by atoms with Crippen LogP contribution < -0.4 is 0 Å². The number of aryl methyl sites for hydroxylation is 2. The molecule has 0 N–H and O–H groups in total. The van der Waals surface area contributed by atoms with Gasteiger partial charge in [0.15, 0.2) is 11.6 Å². The number of fused-ring (bicyclic) bond motifs is 1. The average Bonchev–Trinajstić information content (AvgIpc) is 3.05. The molecular weight excluding hydrogens is 354 g/mol. The number of nitrogens with zero attached hydrogens (tertiary/aromatic N) is 3. The summed E-state index contributed by atoms with van der Waals surface area (Å²) in [6.07, 6.45) is 10.7. The van der Waals surface area contributed by atoms with Crippen LogP contribution in [-0.4, -0.2) is 52.3 Å². The summed E-state index contributed by atoms with van der Waals surface area (Å²) < 4.78 is 5.44. The minimum absolute atomic E-state index is 0.0383. The highest BCUT2D eigenvalue weighted by Gasteiger charge is 2.40. The molecule has 0 aromatic carbocycles. The second kappa shape index (κ2) is 8.10. The van der Waals surface area contributed by atoms with E-state index in [1.54, 1.807) is 13.8 Å². The number of hydrogen-bond donors (Lipinski definition) is 0. The molecule has 2 amide bonds. The normalized spacial score (nSPS) is 25.5. The van der Waals surface area contributed by atoms with Gasteiger partial charge in [-0.15, -0.1) is 0 Å². The Hall–Kier alpha value is -2.11. The molecule has 0 unspecified atom stereocenters. The summed E-state index contributed by atoms with van der Waals surface area (Å²) in [7, 11) is 0. The van der Waals surface area contributed by atoms with E-state index in [2.05, 4.69) is 16.0 Å². The maximum Gasteiger partial charge on any atom is 0.276 e. The Morgan fingerprint density at radius 3 is 2.82 bits per heavy atom. The first kappa shape index (κ1) is 19.2. The third-order valence-electron chi connectivity index (χ3n) is 6.60. The lowest BCUT2D eigenvalue weighted by atomic mass is 9.83. The van der Waals surface area contributed by atoms with Gasteiger partial charge in [-0.05, 0) is 57.8 Å². The summed E-state index contributed by atoms with van der Waals surface area (Å²) in [6.45, 7) is 5.78.